The van der Waals surface area contributed by atoms with Gasteiger partial charge in [-0.05, 0) is 44.9 Å². The number of hydrogen-bond acceptors (Lipinski definition) is 3. The molecule has 1 aromatic carbocycles. The van der Waals surface area contributed by atoms with Crippen LogP contribution in [0.1, 0.15) is 43.5 Å². The summed E-state index contributed by atoms with van der Waals surface area (Å²) in [7, 11) is 0. The summed E-state index contributed by atoms with van der Waals surface area (Å²) < 4.78 is 2.14. The molecule has 0 aliphatic heterocycles. The molecule has 1 saturated carbocycles. The number of halogens is 1. The molecule has 1 N–H and O–H groups in total. The molecule has 0 radical (unpaired) electrons. The Hall–Kier alpha value is -2.07. The first kappa shape index (κ1) is 16.4. The van der Waals surface area contributed by atoms with Crippen LogP contribution >= 0.6 is 11.6 Å². The van der Waals surface area contributed by atoms with Gasteiger partial charge in [0.1, 0.15) is 11.5 Å². The zero-order valence-electron chi connectivity index (χ0n) is 14.7. The molecule has 1 aliphatic rings. The van der Waals surface area contributed by atoms with Gasteiger partial charge in [0.2, 0.25) is 5.78 Å². The van der Waals surface area contributed by atoms with Crippen molar-refractivity contribution < 1.29 is 0 Å². The number of fused-ring (bicyclic) bond motifs is 1. The Bertz CT molecular complexity index is 909. The van der Waals surface area contributed by atoms with Crippen LogP contribution in [0.2, 0.25) is 5.02 Å². The van der Waals surface area contributed by atoms with E-state index in [-0.39, 0.29) is 0 Å². The van der Waals surface area contributed by atoms with Crippen LogP contribution in [-0.2, 0) is 0 Å². The van der Waals surface area contributed by atoms with Crippen molar-refractivity contribution >= 4 is 23.2 Å². The fourth-order valence-electron chi connectivity index (χ4n) is 3.79. The SMILES string of the molecule is Cc1cc(C)n2c(NC3CCCCC3)c(-c3cccc(Cl)c3)nc2n1. The highest BCUT2D eigenvalue weighted by Crippen LogP contribution is 2.33. The minimum atomic E-state index is 0.493. The summed E-state index contributed by atoms with van der Waals surface area (Å²) >= 11 is 6.22. The lowest BCUT2D eigenvalue weighted by Gasteiger charge is -2.24. The minimum absolute atomic E-state index is 0.493. The molecule has 0 unspecified atom stereocenters. The van der Waals surface area contributed by atoms with Crippen LogP contribution in [0, 0.1) is 13.8 Å². The first-order chi connectivity index (χ1) is 12.1. The van der Waals surface area contributed by atoms with E-state index in [1.165, 1.54) is 32.1 Å². The predicted octanol–water partition coefficient (Wildman–Crippen LogP) is 5.41. The van der Waals surface area contributed by atoms with Crippen molar-refractivity contribution in [1.82, 2.24) is 14.4 Å². The Morgan fingerprint density at radius 2 is 1.88 bits per heavy atom. The van der Waals surface area contributed by atoms with Crippen LogP contribution in [0.3, 0.4) is 0 Å². The zero-order chi connectivity index (χ0) is 17.4. The second-order valence-corrected chi connectivity index (χ2v) is 7.41. The molecule has 25 heavy (non-hydrogen) atoms. The molecule has 0 spiro atoms. The maximum absolute atomic E-state index is 6.22. The second kappa shape index (κ2) is 6.68. The van der Waals surface area contributed by atoms with E-state index in [4.69, 9.17) is 16.6 Å². The van der Waals surface area contributed by atoms with Crippen LogP contribution in [0.4, 0.5) is 5.82 Å². The van der Waals surface area contributed by atoms with Gasteiger partial charge in [-0.1, -0.05) is 43.0 Å². The van der Waals surface area contributed by atoms with Gasteiger partial charge in [0.15, 0.2) is 0 Å². The summed E-state index contributed by atoms with van der Waals surface area (Å²) in [5.74, 6) is 1.78. The van der Waals surface area contributed by atoms with Gasteiger partial charge in [-0.15, -0.1) is 0 Å². The third-order valence-corrected chi connectivity index (χ3v) is 5.19. The number of aryl methyl sites for hydroxylation is 2. The van der Waals surface area contributed by atoms with E-state index in [9.17, 15) is 0 Å². The fourth-order valence-corrected chi connectivity index (χ4v) is 3.98. The van der Waals surface area contributed by atoms with Crippen molar-refractivity contribution in [3.63, 3.8) is 0 Å². The van der Waals surface area contributed by atoms with Crippen molar-refractivity contribution in [2.45, 2.75) is 52.0 Å². The average Bonchev–Trinajstić information content (AvgIpc) is 2.94. The summed E-state index contributed by atoms with van der Waals surface area (Å²) in [4.78, 5) is 9.48. The van der Waals surface area contributed by atoms with Gasteiger partial charge in [0.05, 0.1) is 0 Å². The smallest absolute Gasteiger partial charge is 0.236 e. The van der Waals surface area contributed by atoms with Crippen molar-refractivity contribution in [3.8, 4) is 11.3 Å². The first-order valence-corrected chi connectivity index (χ1v) is 9.39. The number of rotatable bonds is 3. The topological polar surface area (TPSA) is 42.2 Å². The molecule has 1 fully saturated rings. The molecule has 2 aromatic heterocycles. The van der Waals surface area contributed by atoms with Crippen LogP contribution in [-0.4, -0.2) is 20.4 Å². The first-order valence-electron chi connectivity index (χ1n) is 9.01. The van der Waals surface area contributed by atoms with Gasteiger partial charge in [-0.2, -0.15) is 0 Å². The van der Waals surface area contributed by atoms with Crippen molar-refractivity contribution in [3.05, 3.63) is 46.7 Å². The van der Waals surface area contributed by atoms with Gasteiger partial charge in [0, 0.05) is 28.0 Å². The molecule has 4 rings (SSSR count). The highest BCUT2D eigenvalue weighted by Gasteiger charge is 2.21. The van der Waals surface area contributed by atoms with Crippen LogP contribution in [0.5, 0.6) is 0 Å². The van der Waals surface area contributed by atoms with E-state index >= 15 is 0 Å². The zero-order valence-corrected chi connectivity index (χ0v) is 15.5. The summed E-state index contributed by atoms with van der Waals surface area (Å²) in [5.41, 5.74) is 4.07. The normalized spacial score (nSPS) is 15.6. The number of benzene rings is 1. The molecule has 0 atom stereocenters. The maximum Gasteiger partial charge on any atom is 0.236 e. The van der Waals surface area contributed by atoms with Crippen molar-refractivity contribution in [2.75, 3.05) is 5.32 Å². The molecular formula is C20H23ClN4. The molecule has 3 aromatic rings. The summed E-state index contributed by atoms with van der Waals surface area (Å²) in [6.45, 7) is 4.12. The molecule has 0 saturated heterocycles. The monoisotopic (exact) mass is 354 g/mol. The summed E-state index contributed by atoms with van der Waals surface area (Å²) in [6, 6.07) is 10.5. The predicted molar refractivity (Wildman–Crippen MR) is 103 cm³/mol. The van der Waals surface area contributed by atoms with Gasteiger partial charge in [-0.3, -0.25) is 4.40 Å². The van der Waals surface area contributed by atoms with Gasteiger partial charge in [0.25, 0.3) is 0 Å². The number of anilines is 1. The van der Waals surface area contributed by atoms with E-state index in [1.807, 2.05) is 25.1 Å². The van der Waals surface area contributed by atoms with Crippen LogP contribution < -0.4 is 5.32 Å². The number of imidazole rings is 1. The average molecular weight is 355 g/mol. The van der Waals surface area contributed by atoms with Crippen LogP contribution in [0.25, 0.3) is 17.0 Å². The van der Waals surface area contributed by atoms with E-state index < -0.39 is 0 Å². The molecule has 4 nitrogen and oxygen atoms in total. The quantitative estimate of drug-likeness (QED) is 0.683. The molecule has 5 heteroatoms. The van der Waals surface area contributed by atoms with Crippen molar-refractivity contribution in [2.24, 2.45) is 0 Å². The minimum Gasteiger partial charge on any atom is -0.367 e. The third-order valence-electron chi connectivity index (χ3n) is 4.95. The van der Waals surface area contributed by atoms with Crippen LogP contribution in [0.15, 0.2) is 30.3 Å². The summed E-state index contributed by atoms with van der Waals surface area (Å²) in [5, 5.41) is 4.49. The largest absolute Gasteiger partial charge is 0.367 e. The Morgan fingerprint density at radius 3 is 2.64 bits per heavy atom. The highest BCUT2D eigenvalue weighted by atomic mass is 35.5. The Balaban J connectivity index is 1.88. The van der Waals surface area contributed by atoms with E-state index in [0.717, 1.165) is 39.3 Å². The lowest BCUT2D eigenvalue weighted by atomic mass is 9.95. The molecule has 0 amide bonds. The van der Waals surface area contributed by atoms with Gasteiger partial charge in [-0.25, -0.2) is 9.97 Å². The number of nitrogens with zero attached hydrogens (tertiary/aromatic N) is 3. The van der Waals surface area contributed by atoms with E-state index in [0.29, 0.717) is 6.04 Å². The van der Waals surface area contributed by atoms with E-state index in [1.54, 1.807) is 0 Å². The summed E-state index contributed by atoms with van der Waals surface area (Å²) in [6.07, 6.45) is 6.34. The fraction of sp³-hybridized carbons (Fsp3) is 0.400. The number of nitrogens with one attached hydrogen (secondary N) is 1. The molecule has 2 heterocycles. The lowest BCUT2D eigenvalue weighted by Crippen LogP contribution is -2.23. The van der Waals surface area contributed by atoms with E-state index in [2.05, 4.69) is 33.8 Å². The number of hydrogen-bond donors (Lipinski definition) is 1. The second-order valence-electron chi connectivity index (χ2n) is 6.97. The Kier molecular flexibility index (Phi) is 4.38. The highest BCUT2D eigenvalue weighted by molar-refractivity contribution is 6.30. The Labute approximate surface area is 153 Å². The lowest BCUT2D eigenvalue weighted by molar-refractivity contribution is 0.461. The maximum atomic E-state index is 6.22. The third kappa shape index (κ3) is 3.23. The molecule has 0 bridgehead atoms. The molecular weight excluding hydrogens is 332 g/mol. The van der Waals surface area contributed by atoms with Crippen molar-refractivity contribution in [1.29, 1.82) is 0 Å². The van der Waals surface area contributed by atoms with Gasteiger partial charge < -0.3 is 5.32 Å². The standard InChI is InChI=1S/C20H23ClN4/c1-13-11-14(2)25-19(23-17-9-4-3-5-10-17)18(24-20(25)22-13)15-7-6-8-16(21)12-15/h6-8,11-12,17,23H,3-5,9-10H2,1-2H3. The molecule has 1 aliphatic carbocycles. The number of aromatic nitrogens is 3. The Morgan fingerprint density at radius 1 is 1.08 bits per heavy atom. The molecule has 130 valence electrons. The van der Waals surface area contributed by atoms with Gasteiger partial charge >= 0.3 is 0 Å².